The van der Waals surface area contributed by atoms with Crippen LogP contribution in [0.5, 0.6) is 0 Å². The van der Waals surface area contributed by atoms with Crippen LogP contribution < -0.4 is 79.3 Å². The first-order valence-corrected chi connectivity index (χ1v) is 8.73. The third-order valence-corrected chi connectivity index (χ3v) is 3.93. The van der Waals surface area contributed by atoms with E-state index in [9.17, 15) is 0 Å². The molecular formula is C25H31Cs. The molecule has 2 aromatic carbocycles. The molecular weight excluding hydrogens is 433 g/mol. The number of hydrogen-bond donors (Lipinski definition) is 0. The van der Waals surface area contributed by atoms with Gasteiger partial charge < -0.3 is 0 Å². The van der Waals surface area contributed by atoms with Gasteiger partial charge in [-0.15, -0.1) is 29.9 Å². The molecule has 2 rings (SSSR count). The van der Waals surface area contributed by atoms with Gasteiger partial charge in [-0.2, -0.15) is 24.3 Å². The molecule has 0 unspecified atom stereocenters. The number of benzene rings is 2. The molecule has 0 spiro atoms. The minimum atomic E-state index is 0. The predicted molar refractivity (Wildman–Crippen MR) is 114 cm³/mol. The number of aryl methyl sites for hydroxylation is 3. The summed E-state index contributed by atoms with van der Waals surface area (Å²) in [7, 11) is 0. The van der Waals surface area contributed by atoms with Crippen LogP contribution in [0.25, 0.3) is 12.2 Å². The monoisotopic (exact) mass is 464 g/mol. The van der Waals surface area contributed by atoms with Crippen LogP contribution in [-0.2, 0) is 6.42 Å². The average Bonchev–Trinajstić information content (AvgIpc) is 2.64. The van der Waals surface area contributed by atoms with E-state index in [0.29, 0.717) is 0 Å². The van der Waals surface area contributed by atoms with Gasteiger partial charge in [0.15, 0.2) is 0 Å². The number of hydrogen-bond acceptors (Lipinski definition) is 0. The summed E-state index contributed by atoms with van der Waals surface area (Å²) in [5.74, 6) is 0. The van der Waals surface area contributed by atoms with Crippen molar-refractivity contribution >= 4 is 12.2 Å². The largest absolute Gasteiger partial charge is 1.00 e. The topological polar surface area (TPSA) is 0 Å². The molecule has 26 heavy (non-hydrogen) atoms. The van der Waals surface area contributed by atoms with Crippen LogP contribution in [0, 0.1) is 32.8 Å². The third kappa shape index (κ3) is 10.0. The number of terminal acetylenes is 1. The molecule has 0 saturated heterocycles. The summed E-state index contributed by atoms with van der Waals surface area (Å²) < 4.78 is 0. The molecule has 0 aromatic heterocycles. The van der Waals surface area contributed by atoms with E-state index in [1.165, 1.54) is 27.5 Å². The molecule has 132 valence electrons. The molecule has 0 N–H and O–H groups in total. The van der Waals surface area contributed by atoms with E-state index >= 15 is 0 Å². The fourth-order valence-electron chi connectivity index (χ4n) is 2.56. The molecule has 0 bridgehead atoms. The van der Waals surface area contributed by atoms with E-state index in [1.54, 1.807) is 0 Å². The molecule has 0 heterocycles. The summed E-state index contributed by atoms with van der Waals surface area (Å²) in [5.41, 5.74) is 5.58. The molecule has 1 heteroatoms. The van der Waals surface area contributed by atoms with Gasteiger partial charge in [-0.05, 0) is 44.7 Å². The Labute approximate surface area is 219 Å². The van der Waals surface area contributed by atoms with Gasteiger partial charge in [0.05, 0.1) is 0 Å². The summed E-state index contributed by atoms with van der Waals surface area (Å²) in [6.07, 6.45) is 14.4. The van der Waals surface area contributed by atoms with Crippen LogP contribution in [0.2, 0.25) is 0 Å². The Morgan fingerprint density at radius 3 is 2.27 bits per heavy atom. The van der Waals surface area contributed by atoms with Crippen molar-refractivity contribution in [2.24, 2.45) is 0 Å². The maximum absolute atomic E-state index is 4.00. The van der Waals surface area contributed by atoms with Gasteiger partial charge >= 0.3 is 68.9 Å². The van der Waals surface area contributed by atoms with Gasteiger partial charge in [-0.1, -0.05) is 55.3 Å². The van der Waals surface area contributed by atoms with Crippen LogP contribution in [0.15, 0.2) is 48.6 Å². The number of rotatable bonds is 3. The third-order valence-electron chi connectivity index (χ3n) is 3.93. The minimum absolute atomic E-state index is 0. The van der Waals surface area contributed by atoms with E-state index in [0.717, 1.165) is 18.1 Å². The Morgan fingerprint density at radius 2 is 1.81 bits per heavy atom. The maximum atomic E-state index is 4.00. The van der Waals surface area contributed by atoms with Crippen molar-refractivity contribution in [3.8, 4) is 12.8 Å². The molecule has 0 aliphatic heterocycles. The van der Waals surface area contributed by atoms with Crippen LogP contribution >= 0.6 is 0 Å². The summed E-state index contributed by atoms with van der Waals surface area (Å²) in [4.78, 5) is 0. The van der Waals surface area contributed by atoms with Crippen molar-refractivity contribution in [2.45, 2.75) is 47.5 Å². The van der Waals surface area contributed by atoms with Crippen molar-refractivity contribution in [1.82, 2.24) is 0 Å². The van der Waals surface area contributed by atoms with E-state index in [1.807, 2.05) is 19.1 Å². The summed E-state index contributed by atoms with van der Waals surface area (Å²) in [6, 6.07) is 15.6. The van der Waals surface area contributed by atoms with Crippen molar-refractivity contribution < 1.29 is 68.9 Å². The summed E-state index contributed by atoms with van der Waals surface area (Å²) in [6.45, 7) is 14.7. The molecule has 0 amide bonds. The zero-order chi connectivity index (χ0) is 19.2. The van der Waals surface area contributed by atoms with Crippen molar-refractivity contribution in [3.63, 3.8) is 0 Å². The van der Waals surface area contributed by atoms with E-state index < -0.39 is 0 Å². The van der Waals surface area contributed by atoms with E-state index in [4.69, 9.17) is 0 Å². The van der Waals surface area contributed by atoms with Crippen molar-refractivity contribution in [3.05, 3.63) is 81.7 Å². The Hall–Kier alpha value is -0.468. The number of allylic oxidation sites excluding steroid dienone is 2. The molecule has 0 nitrogen and oxygen atoms in total. The Morgan fingerprint density at radius 1 is 1.15 bits per heavy atom. The predicted octanol–water partition coefficient (Wildman–Crippen LogP) is 2.15. The van der Waals surface area contributed by atoms with Gasteiger partial charge in [-0.25, -0.2) is 0 Å². The first-order chi connectivity index (χ1) is 12.0. The van der Waals surface area contributed by atoms with E-state index in [-0.39, 0.29) is 68.9 Å². The SMILES string of the molecule is C#C.C=c1c[c-]cc/c1=C(/C=C\C)CC.CCc1cc(C)ccc1C.[Cs+]. The van der Waals surface area contributed by atoms with Gasteiger partial charge in [0, 0.05) is 0 Å². The molecule has 2 aromatic rings. The van der Waals surface area contributed by atoms with E-state index in [2.05, 4.69) is 89.6 Å². The Balaban J connectivity index is 0. The normalized spacial score (nSPS) is 10.6. The molecule has 0 radical (unpaired) electrons. The fourth-order valence-corrected chi connectivity index (χ4v) is 2.56. The van der Waals surface area contributed by atoms with Crippen LogP contribution in [0.4, 0.5) is 0 Å². The van der Waals surface area contributed by atoms with Gasteiger partial charge in [0.2, 0.25) is 0 Å². The van der Waals surface area contributed by atoms with Gasteiger partial charge in [-0.3, -0.25) is 0 Å². The minimum Gasteiger partial charge on any atom is -0.183 e. The maximum Gasteiger partial charge on any atom is 1.00 e. The smallest absolute Gasteiger partial charge is 0.183 e. The first kappa shape index (κ1) is 27.7. The second-order valence-corrected chi connectivity index (χ2v) is 5.75. The Bertz CT molecular complexity index is 794. The first-order valence-electron chi connectivity index (χ1n) is 8.73. The van der Waals surface area contributed by atoms with Crippen LogP contribution in [0.3, 0.4) is 0 Å². The quantitative estimate of drug-likeness (QED) is 0.483. The molecule has 0 aliphatic rings. The average molecular weight is 464 g/mol. The standard InChI is InChI=1S/C13H15.C10H14.C2H2.Cs/c1-4-8-12(5-2)13-10-7-6-9-11(13)3;1-4-10-7-8(2)5-6-9(10)3;1-2;/h4,7-10H,3,5H2,1-2H3;5-7H,4H2,1-3H3;1-2H;/q-1;;;+1/b8-4-,13-12-;;;. The van der Waals surface area contributed by atoms with Gasteiger partial charge in [0.25, 0.3) is 0 Å². The molecule has 0 fully saturated rings. The van der Waals surface area contributed by atoms with Crippen molar-refractivity contribution in [2.75, 3.05) is 0 Å². The molecule has 0 atom stereocenters. The van der Waals surface area contributed by atoms with Crippen LogP contribution in [0.1, 0.15) is 43.9 Å². The zero-order valence-electron chi connectivity index (χ0n) is 17.4. The molecule has 0 saturated carbocycles. The Kier molecular flexibility index (Phi) is 17.8. The summed E-state index contributed by atoms with van der Waals surface area (Å²) in [5, 5.41) is 2.29. The second-order valence-electron chi connectivity index (χ2n) is 5.75. The van der Waals surface area contributed by atoms with Crippen LogP contribution in [-0.4, -0.2) is 0 Å². The van der Waals surface area contributed by atoms with Gasteiger partial charge in [0.1, 0.15) is 0 Å². The van der Waals surface area contributed by atoms with Crippen molar-refractivity contribution in [1.29, 1.82) is 0 Å². The summed E-state index contributed by atoms with van der Waals surface area (Å²) >= 11 is 0. The zero-order valence-corrected chi connectivity index (χ0v) is 23.7. The molecule has 0 aliphatic carbocycles. The fraction of sp³-hybridized carbons (Fsp3) is 0.280. The second kappa shape index (κ2) is 16.7.